The van der Waals surface area contributed by atoms with Crippen LogP contribution in [0.1, 0.15) is 33.1 Å². The van der Waals surface area contributed by atoms with Gasteiger partial charge in [0.1, 0.15) is 0 Å². The van der Waals surface area contributed by atoms with E-state index in [1.54, 1.807) is 0 Å². The van der Waals surface area contributed by atoms with Gasteiger partial charge in [-0.2, -0.15) is 0 Å². The van der Waals surface area contributed by atoms with Crippen LogP contribution in [0.4, 0.5) is 5.69 Å². The van der Waals surface area contributed by atoms with Crippen molar-refractivity contribution in [3.8, 4) is 0 Å². The Balaban J connectivity index is 2.16. The van der Waals surface area contributed by atoms with Gasteiger partial charge in [0, 0.05) is 15.5 Å². The summed E-state index contributed by atoms with van der Waals surface area (Å²) in [5.74, 6) is 1.45. The van der Waals surface area contributed by atoms with E-state index in [1.165, 1.54) is 19.3 Å². The number of hydrogen-bond acceptors (Lipinski definition) is 1. The Bertz CT molecular complexity index is 384. The molecular weight excluding hydrogens is 298 g/mol. The van der Waals surface area contributed by atoms with Crippen LogP contribution in [0, 0.1) is 11.8 Å². The molecule has 0 bridgehead atoms. The van der Waals surface area contributed by atoms with E-state index in [9.17, 15) is 0 Å². The maximum atomic E-state index is 6.05. The number of nitrogens with one attached hydrogen (secondary N) is 1. The van der Waals surface area contributed by atoms with Crippen molar-refractivity contribution in [2.75, 3.05) is 5.32 Å². The average molecular weight is 317 g/mol. The molecule has 1 N–H and O–H groups in total. The second kappa shape index (κ2) is 5.62. The van der Waals surface area contributed by atoms with E-state index in [1.807, 2.05) is 18.2 Å². The van der Waals surface area contributed by atoms with Crippen LogP contribution >= 0.6 is 27.5 Å². The maximum Gasteiger partial charge on any atom is 0.0501 e. The van der Waals surface area contributed by atoms with Crippen molar-refractivity contribution in [2.24, 2.45) is 11.8 Å². The average Bonchev–Trinajstić information content (AvgIpc) is 2.28. The molecule has 2 atom stereocenters. The molecule has 1 fully saturated rings. The van der Waals surface area contributed by atoms with Gasteiger partial charge in [0.15, 0.2) is 0 Å². The normalized spacial score (nSPS) is 29.1. The van der Waals surface area contributed by atoms with Gasteiger partial charge in [0.05, 0.1) is 5.69 Å². The van der Waals surface area contributed by atoms with Gasteiger partial charge in [-0.05, 0) is 58.8 Å². The van der Waals surface area contributed by atoms with E-state index in [2.05, 4.69) is 35.1 Å². The molecule has 0 heterocycles. The third-order valence-corrected chi connectivity index (χ3v) is 4.72. The number of rotatable bonds is 2. The number of anilines is 1. The predicted octanol–water partition coefficient (Wildman–Crippen LogP) is 5.34. The van der Waals surface area contributed by atoms with Crippen LogP contribution in [0.5, 0.6) is 0 Å². The Morgan fingerprint density at radius 1 is 1.24 bits per heavy atom. The fourth-order valence-corrected chi connectivity index (χ4v) is 3.29. The zero-order valence-electron chi connectivity index (χ0n) is 10.3. The third-order valence-electron chi connectivity index (χ3n) is 3.80. The number of halogens is 2. The second-order valence-corrected chi connectivity index (χ2v) is 6.47. The van der Waals surface area contributed by atoms with Crippen LogP contribution in [-0.2, 0) is 0 Å². The van der Waals surface area contributed by atoms with Crippen LogP contribution < -0.4 is 5.32 Å². The number of hydrogen-bond donors (Lipinski definition) is 1. The fourth-order valence-electron chi connectivity index (χ4n) is 2.75. The van der Waals surface area contributed by atoms with E-state index in [-0.39, 0.29) is 0 Å². The summed E-state index contributed by atoms with van der Waals surface area (Å²) in [4.78, 5) is 0. The van der Waals surface area contributed by atoms with E-state index in [4.69, 9.17) is 11.6 Å². The lowest BCUT2D eigenvalue weighted by molar-refractivity contribution is 0.268. The summed E-state index contributed by atoms with van der Waals surface area (Å²) >= 11 is 9.62. The summed E-state index contributed by atoms with van der Waals surface area (Å²) in [7, 11) is 0. The monoisotopic (exact) mass is 315 g/mol. The highest BCUT2D eigenvalue weighted by Gasteiger charge is 2.27. The molecular formula is C14H19BrClN. The molecule has 0 radical (unpaired) electrons. The number of benzene rings is 1. The van der Waals surface area contributed by atoms with Gasteiger partial charge in [-0.25, -0.2) is 0 Å². The lowest BCUT2D eigenvalue weighted by Crippen LogP contribution is -2.37. The molecule has 0 aromatic heterocycles. The van der Waals surface area contributed by atoms with Gasteiger partial charge in [-0.1, -0.05) is 31.9 Å². The van der Waals surface area contributed by atoms with Gasteiger partial charge in [-0.15, -0.1) is 0 Å². The highest BCUT2D eigenvalue weighted by Crippen LogP contribution is 2.34. The highest BCUT2D eigenvalue weighted by atomic mass is 79.9. The lowest BCUT2D eigenvalue weighted by atomic mass is 9.78. The SMILES string of the molecule is CC1CCCC(C)C1Nc1cc(Cl)ccc1Br. The molecule has 1 nitrogen and oxygen atoms in total. The zero-order chi connectivity index (χ0) is 12.4. The summed E-state index contributed by atoms with van der Waals surface area (Å²) in [6, 6.07) is 6.46. The summed E-state index contributed by atoms with van der Waals surface area (Å²) < 4.78 is 1.09. The quantitative estimate of drug-likeness (QED) is 0.776. The fraction of sp³-hybridized carbons (Fsp3) is 0.571. The molecule has 17 heavy (non-hydrogen) atoms. The van der Waals surface area contributed by atoms with Crippen molar-refractivity contribution in [3.63, 3.8) is 0 Å². The van der Waals surface area contributed by atoms with Crippen molar-refractivity contribution >= 4 is 33.2 Å². The van der Waals surface area contributed by atoms with E-state index < -0.39 is 0 Å². The Morgan fingerprint density at radius 2 is 1.88 bits per heavy atom. The van der Waals surface area contributed by atoms with Gasteiger partial charge >= 0.3 is 0 Å². The molecule has 1 aliphatic rings. The van der Waals surface area contributed by atoms with Gasteiger partial charge < -0.3 is 5.32 Å². The summed E-state index contributed by atoms with van der Waals surface area (Å²) in [6.07, 6.45) is 4.00. The van der Waals surface area contributed by atoms with Crippen LogP contribution in [0.2, 0.25) is 5.02 Å². The molecule has 1 aliphatic carbocycles. The summed E-state index contributed by atoms with van der Waals surface area (Å²) in [5, 5.41) is 4.44. The molecule has 1 aromatic rings. The minimum Gasteiger partial charge on any atom is -0.381 e. The molecule has 0 saturated heterocycles. The van der Waals surface area contributed by atoms with Crippen molar-refractivity contribution in [1.29, 1.82) is 0 Å². The third kappa shape index (κ3) is 3.17. The first-order chi connectivity index (χ1) is 8.08. The second-order valence-electron chi connectivity index (χ2n) is 5.18. The minimum atomic E-state index is 0.554. The van der Waals surface area contributed by atoms with Crippen LogP contribution in [0.25, 0.3) is 0 Å². The van der Waals surface area contributed by atoms with Gasteiger partial charge in [0.2, 0.25) is 0 Å². The van der Waals surface area contributed by atoms with Crippen LogP contribution in [-0.4, -0.2) is 6.04 Å². The summed E-state index contributed by atoms with van der Waals surface area (Å²) in [6.45, 7) is 4.68. The predicted molar refractivity (Wildman–Crippen MR) is 78.7 cm³/mol. The van der Waals surface area contributed by atoms with E-state index in [0.717, 1.165) is 27.0 Å². The molecule has 3 heteroatoms. The molecule has 1 aromatic carbocycles. The largest absolute Gasteiger partial charge is 0.381 e. The van der Waals surface area contributed by atoms with Gasteiger partial charge in [0.25, 0.3) is 0 Å². The van der Waals surface area contributed by atoms with Crippen molar-refractivity contribution < 1.29 is 0 Å². The Morgan fingerprint density at radius 3 is 2.53 bits per heavy atom. The maximum absolute atomic E-state index is 6.05. The lowest BCUT2D eigenvalue weighted by Gasteiger charge is -2.36. The first-order valence-corrected chi connectivity index (χ1v) is 7.46. The Labute approximate surface area is 117 Å². The molecule has 0 aliphatic heterocycles. The first kappa shape index (κ1) is 13.2. The Kier molecular flexibility index (Phi) is 4.37. The molecule has 1 saturated carbocycles. The van der Waals surface area contributed by atoms with Crippen LogP contribution in [0.15, 0.2) is 22.7 Å². The summed E-state index contributed by atoms with van der Waals surface area (Å²) in [5.41, 5.74) is 1.11. The molecule has 0 amide bonds. The topological polar surface area (TPSA) is 12.0 Å². The van der Waals surface area contributed by atoms with E-state index >= 15 is 0 Å². The van der Waals surface area contributed by atoms with Crippen molar-refractivity contribution in [2.45, 2.75) is 39.2 Å². The molecule has 0 spiro atoms. The molecule has 2 rings (SSSR count). The van der Waals surface area contributed by atoms with Crippen molar-refractivity contribution in [1.82, 2.24) is 0 Å². The molecule has 94 valence electrons. The van der Waals surface area contributed by atoms with E-state index in [0.29, 0.717) is 6.04 Å². The minimum absolute atomic E-state index is 0.554. The molecule has 2 unspecified atom stereocenters. The van der Waals surface area contributed by atoms with Crippen LogP contribution in [0.3, 0.4) is 0 Å². The zero-order valence-corrected chi connectivity index (χ0v) is 12.7. The van der Waals surface area contributed by atoms with Gasteiger partial charge in [-0.3, -0.25) is 0 Å². The van der Waals surface area contributed by atoms with Crippen molar-refractivity contribution in [3.05, 3.63) is 27.7 Å². The smallest absolute Gasteiger partial charge is 0.0501 e. The highest BCUT2D eigenvalue weighted by molar-refractivity contribution is 9.10. The first-order valence-electron chi connectivity index (χ1n) is 6.29. The standard InChI is InChI=1S/C14H19BrClN/c1-9-4-3-5-10(2)14(9)17-13-8-11(16)6-7-12(13)15/h6-10,14,17H,3-5H2,1-2H3. The Hall–Kier alpha value is -0.210.